The number of nitrogens with one attached hydrogen (secondary N) is 1. The summed E-state index contributed by atoms with van der Waals surface area (Å²) in [6.45, 7) is 2.99. The summed E-state index contributed by atoms with van der Waals surface area (Å²) in [5, 5.41) is 0. The van der Waals surface area contributed by atoms with Crippen LogP contribution >= 0.6 is 0 Å². The van der Waals surface area contributed by atoms with Gasteiger partial charge in [-0.1, -0.05) is 55.3 Å². The van der Waals surface area contributed by atoms with E-state index in [0.29, 0.717) is 5.56 Å². The van der Waals surface area contributed by atoms with Crippen molar-refractivity contribution < 1.29 is 22.7 Å². The van der Waals surface area contributed by atoms with Crippen molar-refractivity contribution in [3.63, 3.8) is 0 Å². The minimum atomic E-state index is -3.81. The first kappa shape index (κ1) is 21.8. The number of carbonyl (C=O) groups is 2. The van der Waals surface area contributed by atoms with E-state index in [2.05, 4.69) is 11.6 Å². The number of hydrogen-bond donors (Lipinski definition) is 1. The Morgan fingerprint density at radius 1 is 1.00 bits per heavy atom. The third kappa shape index (κ3) is 6.58. The molecule has 2 aromatic rings. The van der Waals surface area contributed by atoms with Crippen LogP contribution in [0, 0.1) is 6.92 Å². The number of esters is 1. The summed E-state index contributed by atoms with van der Waals surface area (Å²) >= 11 is 0. The maximum Gasteiger partial charge on any atom is 0.321 e. The molecule has 0 bridgehead atoms. The van der Waals surface area contributed by atoms with Crippen LogP contribution < -0.4 is 4.72 Å². The van der Waals surface area contributed by atoms with Crippen LogP contribution in [0.25, 0.3) is 0 Å². The van der Waals surface area contributed by atoms with E-state index in [0.717, 1.165) is 30.4 Å². The van der Waals surface area contributed by atoms with E-state index >= 15 is 0 Å². The second-order valence-electron chi connectivity index (χ2n) is 6.52. The van der Waals surface area contributed by atoms with Crippen molar-refractivity contribution in [3.05, 3.63) is 65.2 Å². The number of sulfonamides is 1. The highest BCUT2D eigenvalue weighted by molar-refractivity contribution is 7.89. The number of benzene rings is 2. The van der Waals surface area contributed by atoms with Gasteiger partial charge < -0.3 is 4.74 Å². The van der Waals surface area contributed by atoms with Crippen LogP contribution in [-0.4, -0.2) is 33.3 Å². The largest absolute Gasteiger partial charge is 0.456 e. The van der Waals surface area contributed by atoms with Gasteiger partial charge in [0.25, 0.3) is 0 Å². The first-order valence-corrected chi connectivity index (χ1v) is 10.6. The van der Waals surface area contributed by atoms with E-state index in [4.69, 9.17) is 4.74 Å². The van der Waals surface area contributed by atoms with Crippen molar-refractivity contribution in [2.75, 3.05) is 13.2 Å². The molecule has 2 rings (SSSR count). The molecule has 0 unspecified atom stereocenters. The molecule has 0 aliphatic carbocycles. The van der Waals surface area contributed by atoms with E-state index in [-0.39, 0.29) is 10.7 Å². The molecule has 1 N–H and O–H groups in total. The zero-order valence-electron chi connectivity index (χ0n) is 16.1. The molecule has 0 saturated heterocycles. The van der Waals surface area contributed by atoms with Crippen molar-refractivity contribution >= 4 is 21.8 Å². The van der Waals surface area contributed by atoms with Crippen LogP contribution in [0.2, 0.25) is 0 Å². The van der Waals surface area contributed by atoms with E-state index in [1.54, 1.807) is 24.3 Å². The number of ether oxygens (including phenoxy) is 1. The normalized spacial score (nSPS) is 11.2. The molecule has 0 aliphatic heterocycles. The lowest BCUT2D eigenvalue weighted by Gasteiger charge is -2.08. The fourth-order valence-electron chi connectivity index (χ4n) is 2.47. The Labute approximate surface area is 166 Å². The maximum atomic E-state index is 12.1. The third-order valence-electron chi connectivity index (χ3n) is 4.20. The summed E-state index contributed by atoms with van der Waals surface area (Å²) in [5.41, 5.74) is 2.53. The lowest BCUT2D eigenvalue weighted by Crippen LogP contribution is -2.31. The van der Waals surface area contributed by atoms with Gasteiger partial charge in [0, 0.05) is 5.56 Å². The maximum absolute atomic E-state index is 12.1. The Kier molecular flexibility index (Phi) is 7.90. The van der Waals surface area contributed by atoms with Crippen molar-refractivity contribution in [2.45, 2.75) is 38.0 Å². The van der Waals surface area contributed by atoms with Crippen LogP contribution in [0.3, 0.4) is 0 Å². The molecule has 0 spiro atoms. The molecule has 28 heavy (non-hydrogen) atoms. The van der Waals surface area contributed by atoms with Crippen LogP contribution in [0.5, 0.6) is 0 Å². The predicted molar refractivity (Wildman–Crippen MR) is 107 cm³/mol. The van der Waals surface area contributed by atoms with E-state index in [9.17, 15) is 18.0 Å². The van der Waals surface area contributed by atoms with Gasteiger partial charge in [0.15, 0.2) is 12.4 Å². The number of aryl methyl sites for hydroxylation is 2. The Bertz CT molecular complexity index is 903. The Morgan fingerprint density at radius 2 is 1.64 bits per heavy atom. The average molecular weight is 404 g/mol. The van der Waals surface area contributed by atoms with Gasteiger partial charge in [-0.25, -0.2) is 8.42 Å². The lowest BCUT2D eigenvalue weighted by molar-refractivity contribution is -0.141. The second-order valence-corrected chi connectivity index (χ2v) is 8.29. The second kappa shape index (κ2) is 10.1. The third-order valence-corrected chi connectivity index (χ3v) is 5.61. The number of carbonyl (C=O) groups excluding carboxylic acids is 2. The molecular weight excluding hydrogens is 378 g/mol. The highest BCUT2D eigenvalue weighted by atomic mass is 32.2. The molecule has 150 valence electrons. The number of unbranched alkanes of at least 4 members (excludes halogenated alkanes) is 1. The summed E-state index contributed by atoms with van der Waals surface area (Å²) in [4.78, 5) is 24.0. The molecule has 6 nitrogen and oxygen atoms in total. The molecule has 7 heteroatoms. The molecular formula is C21H25NO5S. The Balaban J connectivity index is 1.81. The SMILES string of the molecule is CCCCc1ccc(C(=O)COC(=O)CNS(=O)(=O)c2ccc(C)cc2)cc1. The lowest BCUT2D eigenvalue weighted by atomic mass is 10.0. The van der Waals surface area contributed by atoms with Crippen molar-refractivity contribution in [1.82, 2.24) is 4.72 Å². The topological polar surface area (TPSA) is 89.5 Å². The predicted octanol–water partition coefficient (Wildman–Crippen LogP) is 3.04. The minimum Gasteiger partial charge on any atom is -0.456 e. The van der Waals surface area contributed by atoms with Gasteiger partial charge in [-0.3, -0.25) is 9.59 Å². The van der Waals surface area contributed by atoms with Gasteiger partial charge in [0.1, 0.15) is 6.54 Å². The quantitative estimate of drug-likeness (QED) is 0.486. The summed E-state index contributed by atoms with van der Waals surface area (Å²) in [5.74, 6) is -1.15. The van der Waals surface area contributed by atoms with E-state index in [1.807, 2.05) is 19.1 Å². The fourth-order valence-corrected chi connectivity index (χ4v) is 3.44. The molecule has 0 radical (unpaired) electrons. The number of ketones is 1. The van der Waals surface area contributed by atoms with Crippen molar-refractivity contribution in [1.29, 1.82) is 0 Å². The molecule has 0 atom stereocenters. The molecule has 0 amide bonds. The molecule has 0 aliphatic rings. The first-order valence-electron chi connectivity index (χ1n) is 9.16. The average Bonchev–Trinajstić information content (AvgIpc) is 2.69. The number of Topliss-reactive ketones (excluding diaryl/α,β-unsaturated/α-hetero) is 1. The van der Waals surface area contributed by atoms with Gasteiger partial charge in [-0.15, -0.1) is 0 Å². The monoisotopic (exact) mass is 403 g/mol. The van der Waals surface area contributed by atoms with Gasteiger partial charge in [0.2, 0.25) is 10.0 Å². The van der Waals surface area contributed by atoms with E-state index < -0.39 is 29.1 Å². The zero-order chi connectivity index (χ0) is 20.6. The van der Waals surface area contributed by atoms with Crippen LogP contribution in [0.1, 0.15) is 41.3 Å². The van der Waals surface area contributed by atoms with Crippen LogP contribution in [-0.2, 0) is 26.0 Å². The highest BCUT2D eigenvalue weighted by Crippen LogP contribution is 2.10. The highest BCUT2D eigenvalue weighted by Gasteiger charge is 2.17. The Hall–Kier alpha value is -2.51. The van der Waals surface area contributed by atoms with Crippen molar-refractivity contribution in [3.8, 4) is 0 Å². The first-order chi connectivity index (χ1) is 13.3. The summed E-state index contributed by atoms with van der Waals surface area (Å²) in [6, 6.07) is 13.4. The van der Waals surface area contributed by atoms with Gasteiger partial charge in [0.05, 0.1) is 4.90 Å². The zero-order valence-corrected chi connectivity index (χ0v) is 16.9. The fraction of sp³-hybridized carbons (Fsp3) is 0.333. The van der Waals surface area contributed by atoms with Crippen LogP contribution in [0.4, 0.5) is 0 Å². The van der Waals surface area contributed by atoms with Gasteiger partial charge >= 0.3 is 5.97 Å². The number of hydrogen-bond acceptors (Lipinski definition) is 5. The molecule has 2 aromatic carbocycles. The van der Waals surface area contributed by atoms with Crippen molar-refractivity contribution in [2.24, 2.45) is 0 Å². The summed E-state index contributed by atoms with van der Waals surface area (Å²) < 4.78 is 31.3. The minimum absolute atomic E-state index is 0.0603. The molecule has 0 fully saturated rings. The van der Waals surface area contributed by atoms with Gasteiger partial charge in [-0.05, 0) is 37.5 Å². The molecule has 0 saturated carbocycles. The molecule has 0 aromatic heterocycles. The van der Waals surface area contributed by atoms with E-state index in [1.165, 1.54) is 12.1 Å². The number of rotatable bonds is 10. The van der Waals surface area contributed by atoms with Gasteiger partial charge in [-0.2, -0.15) is 4.72 Å². The van der Waals surface area contributed by atoms with Crippen LogP contribution in [0.15, 0.2) is 53.4 Å². The summed E-state index contributed by atoms with van der Waals surface area (Å²) in [6.07, 6.45) is 3.15. The Morgan fingerprint density at radius 3 is 2.25 bits per heavy atom. The molecule has 0 heterocycles. The summed E-state index contributed by atoms with van der Waals surface area (Å²) in [7, 11) is -3.81. The smallest absolute Gasteiger partial charge is 0.321 e. The standard InChI is InChI=1S/C21H25NO5S/c1-3-4-5-17-8-10-18(11-9-17)20(23)15-27-21(24)14-22-28(25,26)19-12-6-16(2)7-13-19/h6-13,22H,3-5,14-15H2,1-2H3.